The highest BCUT2D eigenvalue weighted by Gasteiger charge is 2.11. The van der Waals surface area contributed by atoms with Gasteiger partial charge in [0.25, 0.3) is 0 Å². The number of hydrogen-bond donors (Lipinski definition) is 0. The maximum Gasteiger partial charge on any atom is 0.231 e. The van der Waals surface area contributed by atoms with Crippen LogP contribution in [0.25, 0.3) is 0 Å². The molecular weight excluding hydrogens is 238 g/mol. The fourth-order valence-electron chi connectivity index (χ4n) is 1.68. The van der Waals surface area contributed by atoms with Gasteiger partial charge in [0.2, 0.25) is 21.1 Å². The Labute approximate surface area is 112 Å². The van der Waals surface area contributed by atoms with Crippen molar-refractivity contribution in [2.75, 3.05) is 0 Å². The van der Waals surface area contributed by atoms with Gasteiger partial charge in [-0.3, -0.25) is 0 Å². The molecule has 0 aromatic heterocycles. The molecule has 0 unspecified atom stereocenters. The summed E-state index contributed by atoms with van der Waals surface area (Å²) in [5.41, 5.74) is 0. The van der Waals surface area contributed by atoms with Crippen LogP contribution in [0.5, 0.6) is 0 Å². The molecule has 0 aliphatic heterocycles. The smallest absolute Gasteiger partial charge is 0.193 e. The molecule has 0 spiro atoms. The van der Waals surface area contributed by atoms with Gasteiger partial charge in [-0.15, -0.1) is 0 Å². The quantitative estimate of drug-likeness (QED) is 0.459. The molecule has 2 rings (SSSR count). The van der Waals surface area contributed by atoms with Crippen molar-refractivity contribution < 1.29 is 0 Å². The SMILES string of the molecule is N#C/C=C/CC1C=CC(=[S+]c2ccccc2)C=C1. The first kappa shape index (κ1) is 12.5. The summed E-state index contributed by atoms with van der Waals surface area (Å²) in [6.07, 6.45) is 13.0. The Hall–Kier alpha value is -1.98. The zero-order valence-corrected chi connectivity index (χ0v) is 10.8. The standard InChI is InChI=1S/C16H14NS/c17-13-5-4-6-14-9-11-16(12-10-14)18-15-7-2-1-3-8-15/h1-5,7-12,14H,6H2/q+1/b5-4+. The van der Waals surface area contributed by atoms with Crippen LogP contribution in [0.15, 0.2) is 71.7 Å². The Balaban J connectivity index is 1.99. The monoisotopic (exact) mass is 252 g/mol. The van der Waals surface area contributed by atoms with Gasteiger partial charge < -0.3 is 0 Å². The zero-order chi connectivity index (χ0) is 12.6. The molecule has 0 radical (unpaired) electrons. The molecule has 0 saturated carbocycles. The first-order chi connectivity index (χ1) is 8.88. The van der Waals surface area contributed by atoms with Crippen molar-refractivity contribution in [2.45, 2.75) is 11.3 Å². The number of hydrogen-bond acceptors (Lipinski definition) is 1. The normalized spacial score (nSPS) is 17.9. The molecule has 1 aliphatic carbocycles. The summed E-state index contributed by atoms with van der Waals surface area (Å²) in [5, 5.41) is 8.42. The molecule has 0 amide bonds. The van der Waals surface area contributed by atoms with Crippen molar-refractivity contribution >= 4 is 16.2 Å². The molecule has 1 aromatic carbocycles. The minimum absolute atomic E-state index is 0.412. The summed E-state index contributed by atoms with van der Waals surface area (Å²) >= 11 is 1.77. The lowest BCUT2D eigenvalue weighted by Crippen LogP contribution is -2.01. The fraction of sp³-hybridized carbons (Fsp3) is 0.125. The second kappa shape index (κ2) is 6.68. The molecule has 0 bridgehead atoms. The van der Waals surface area contributed by atoms with Gasteiger partial charge in [0, 0.05) is 18.2 Å². The summed E-state index contributed by atoms with van der Waals surface area (Å²) in [6.45, 7) is 0. The molecule has 0 N–H and O–H groups in total. The molecule has 1 aromatic rings. The minimum atomic E-state index is 0.412. The van der Waals surface area contributed by atoms with Crippen LogP contribution in [0.3, 0.4) is 0 Å². The highest BCUT2D eigenvalue weighted by Crippen LogP contribution is 2.13. The molecule has 1 nitrogen and oxygen atoms in total. The Morgan fingerprint density at radius 3 is 2.56 bits per heavy atom. The van der Waals surface area contributed by atoms with Gasteiger partial charge >= 0.3 is 0 Å². The number of nitrogens with zero attached hydrogens (tertiary/aromatic N) is 1. The van der Waals surface area contributed by atoms with Gasteiger partial charge in [-0.05, 0) is 24.5 Å². The Bertz CT molecular complexity index is 528. The van der Waals surface area contributed by atoms with Crippen LogP contribution in [0.4, 0.5) is 0 Å². The van der Waals surface area contributed by atoms with Crippen molar-refractivity contribution in [1.29, 1.82) is 5.26 Å². The van der Waals surface area contributed by atoms with Crippen LogP contribution in [0, 0.1) is 17.2 Å². The molecule has 0 saturated heterocycles. The Morgan fingerprint density at radius 1 is 1.17 bits per heavy atom. The average Bonchev–Trinajstić information content (AvgIpc) is 2.42. The molecule has 0 atom stereocenters. The maximum absolute atomic E-state index is 8.42. The van der Waals surface area contributed by atoms with Gasteiger partial charge in [0.15, 0.2) is 0 Å². The van der Waals surface area contributed by atoms with Crippen LogP contribution in [-0.4, -0.2) is 4.86 Å². The highest BCUT2D eigenvalue weighted by molar-refractivity contribution is 7.79. The second-order valence-electron chi connectivity index (χ2n) is 3.97. The van der Waals surface area contributed by atoms with E-state index in [1.807, 2.05) is 18.2 Å². The molecule has 18 heavy (non-hydrogen) atoms. The summed E-state index contributed by atoms with van der Waals surface area (Å²) in [5.74, 6) is 0.412. The summed E-state index contributed by atoms with van der Waals surface area (Å²) < 4.78 is 0. The van der Waals surface area contributed by atoms with Crippen LogP contribution in [-0.2, 0) is 11.4 Å². The predicted molar refractivity (Wildman–Crippen MR) is 78.2 cm³/mol. The third-order valence-electron chi connectivity index (χ3n) is 2.59. The third-order valence-corrected chi connectivity index (χ3v) is 3.61. The molecule has 0 fully saturated rings. The largest absolute Gasteiger partial charge is 0.231 e. The topological polar surface area (TPSA) is 23.8 Å². The zero-order valence-electron chi connectivity index (χ0n) is 9.99. The summed E-state index contributed by atoms with van der Waals surface area (Å²) in [7, 11) is 0. The van der Waals surface area contributed by atoms with E-state index in [0.29, 0.717) is 5.92 Å². The summed E-state index contributed by atoms with van der Waals surface area (Å²) in [4.78, 5) is 2.51. The van der Waals surface area contributed by atoms with E-state index >= 15 is 0 Å². The highest BCUT2D eigenvalue weighted by atomic mass is 32.1. The summed E-state index contributed by atoms with van der Waals surface area (Å²) in [6, 6.07) is 12.4. The van der Waals surface area contributed by atoms with Crippen LogP contribution in [0.1, 0.15) is 6.42 Å². The third kappa shape index (κ3) is 3.80. The maximum atomic E-state index is 8.42. The predicted octanol–water partition coefficient (Wildman–Crippen LogP) is 3.51. The van der Waals surface area contributed by atoms with Gasteiger partial charge in [0.05, 0.1) is 6.07 Å². The van der Waals surface area contributed by atoms with E-state index in [4.69, 9.17) is 5.26 Å². The number of benzene rings is 1. The minimum Gasteiger partial charge on any atom is -0.193 e. The Morgan fingerprint density at radius 2 is 1.89 bits per heavy atom. The van der Waals surface area contributed by atoms with E-state index in [9.17, 15) is 0 Å². The van der Waals surface area contributed by atoms with Gasteiger partial charge in [-0.1, -0.05) is 36.4 Å². The van der Waals surface area contributed by atoms with Crippen molar-refractivity contribution in [3.8, 4) is 6.07 Å². The van der Waals surface area contributed by atoms with Crippen LogP contribution < -0.4 is 0 Å². The van der Waals surface area contributed by atoms with E-state index in [-0.39, 0.29) is 0 Å². The van der Waals surface area contributed by atoms with Gasteiger partial charge in [-0.2, -0.15) is 5.26 Å². The van der Waals surface area contributed by atoms with Crippen molar-refractivity contribution in [2.24, 2.45) is 5.92 Å². The van der Waals surface area contributed by atoms with Crippen molar-refractivity contribution in [3.63, 3.8) is 0 Å². The number of allylic oxidation sites excluding steroid dienone is 6. The molecular formula is C16H14NS+. The average molecular weight is 252 g/mol. The first-order valence-electron chi connectivity index (χ1n) is 5.89. The molecule has 1 aliphatic rings. The van der Waals surface area contributed by atoms with Crippen molar-refractivity contribution in [3.05, 3.63) is 66.8 Å². The van der Waals surface area contributed by atoms with Crippen LogP contribution >= 0.6 is 0 Å². The van der Waals surface area contributed by atoms with E-state index in [0.717, 1.165) is 6.42 Å². The lowest BCUT2D eigenvalue weighted by atomic mass is 10.00. The first-order valence-corrected chi connectivity index (χ1v) is 6.71. The van der Waals surface area contributed by atoms with Gasteiger partial charge in [0.1, 0.15) is 0 Å². The van der Waals surface area contributed by atoms with E-state index in [1.54, 1.807) is 17.4 Å². The number of rotatable bonds is 3. The molecule has 0 heterocycles. The van der Waals surface area contributed by atoms with E-state index in [2.05, 4.69) is 48.6 Å². The number of nitriles is 1. The van der Waals surface area contributed by atoms with E-state index < -0.39 is 0 Å². The lowest BCUT2D eigenvalue weighted by Gasteiger charge is -2.05. The Kier molecular flexibility index (Phi) is 4.63. The molecule has 88 valence electrons. The van der Waals surface area contributed by atoms with E-state index in [1.165, 1.54) is 9.76 Å². The fourth-order valence-corrected chi connectivity index (χ4v) is 2.54. The lowest BCUT2D eigenvalue weighted by molar-refractivity contribution is 0.831. The van der Waals surface area contributed by atoms with Crippen LogP contribution in [0.2, 0.25) is 0 Å². The van der Waals surface area contributed by atoms with Gasteiger partial charge in [-0.25, -0.2) is 0 Å². The molecule has 2 heteroatoms. The second-order valence-corrected chi connectivity index (χ2v) is 5.11. The van der Waals surface area contributed by atoms with Crippen molar-refractivity contribution in [1.82, 2.24) is 0 Å².